The highest BCUT2D eigenvalue weighted by Crippen LogP contribution is 2.30. The summed E-state index contributed by atoms with van der Waals surface area (Å²) in [5.41, 5.74) is 2.29. The molecule has 27 heavy (non-hydrogen) atoms. The molecule has 2 aromatic rings. The molecule has 0 bridgehead atoms. The molecule has 0 atom stereocenters. The van der Waals surface area contributed by atoms with E-state index in [0.717, 1.165) is 17.1 Å². The number of nitrogens with one attached hydrogen (secondary N) is 1. The molecule has 0 saturated heterocycles. The Kier molecular flexibility index (Phi) is 5.89. The molecule has 3 rings (SSSR count). The van der Waals surface area contributed by atoms with Gasteiger partial charge in [-0.1, -0.05) is 39.0 Å². The summed E-state index contributed by atoms with van der Waals surface area (Å²) in [7, 11) is 0. The summed E-state index contributed by atoms with van der Waals surface area (Å²) in [6.45, 7) is 8.54. The van der Waals surface area contributed by atoms with Crippen molar-refractivity contribution < 1.29 is 19.0 Å². The van der Waals surface area contributed by atoms with Crippen LogP contribution in [0.3, 0.4) is 0 Å². The number of amides is 1. The SMILES string of the molecule is CC(C)(C)c1ccc(OCCNC(=O)Cc2ccc3c(c2)OCCO3)cc1. The number of hydrogen-bond acceptors (Lipinski definition) is 4. The van der Waals surface area contributed by atoms with Crippen LogP contribution >= 0.6 is 0 Å². The Labute approximate surface area is 160 Å². The van der Waals surface area contributed by atoms with Gasteiger partial charge in [-0.25, -0.2) is 0 Å². The maximum absolute atomic E-state index is 12.1. The van der Waals surface area contributed by atoms with Gasteiger partial charge >= 0.3 is 0 Å². The Hall–Kier alpha value is -2.69. The van der Waals surface area contributed by atoms with E-state index in [9.17, 15) is 4.79 Å². The van der Waals surface area contributed by atoms with E-state index in [1.807, 2.05) is 30.3 Å². The second kappa shape index (κ2) is 8.33. The van der Waals surface area contributed by atoms with Gasteiger partial charge in [-0.2, -0.15) is 0 Å². The summed E-state index contributed by atoms with van der Waals surface area (Å²) in [6, 6.07) is 13.7. The van der Waals surface area contributed by atoms with E-state index in [1.54, 1.807) is 0 Å². The van der Waals surface area contributed by atoms with Crippen LogP contribution in [0.15, 0.2) is 42.5 Å². The molecular weight excluding hydrogens is 342 g/mol. The lowest BCUT2D eigenvalue weighted by Crippen LogP contribution is -2.29. The second-order valence-corrected chi connectivity index (χ2v) is 7.63. The number of ether oxygens (including phenoxy) is 3. The fourth-order valence-electron chi connectivity index (χ4n) is 2.86. The first-order valence-corrected chi connectivity index (χ1v) is 9.30. The molecule has 0 spiro atoms. The molecule has 0 aromatic heterocycles. The number of carbonyl (C=O) groups excluding carboxylic acids is 1. The lowest BCUT2D eigenvalue weighted by atomic mass is 9.87. The van der Waals surface area contributed by atoms with Crippen LogP contribution in [0.5, 0.6) is 17.2 Å². The average molecular weight is 369 g/mol. The zero-order valence-electron chi connectivity index (χ0n) is 16.2. The van der Waals surface area contributed by atoms with Crippen LogP contribution in [-0.2, 0) is 16.6 Å². The van der Waals surface area contributed by atoms with Gasteiger partial charge in [0.25, 0.3) is 0 Å². The maximum atomic E-state index is 12.1. The van der Waals surface area contributed by atoms with Crippen LogP contribution in [0.4, 0.5) is 0 Å². The van der Waals surface area contributed by atoms with Crippen molar-refractivity contribution in [2.45, 2.75) is 32.6 Å². The van der Waals surface area contributed by atoms with Crippen LogP contribution in [0, 0.1) is 0 Å². The number of carbonyl (C=O) groups is 1. The van der Waals surface area contributed by atoms with Gasteiger partial charge in [-0.05, 0) is 40.8 Å². The van der Waals surface area contributed by atoms with E-state index < -0.39 is 0 Å². The van der Waals surface area contributed by atoms with E-state index in [-0.39, 0.29) is 11.3 Å². The van der Waals surface area contributed by atoms with Gasteiger partial charge in [0, 0.05) is 0 Å². The lowest BCUT2D eigenvalue weighted by molar-refractivity contribution is -0.120. The van der Waals surface area contributed by atoms with E-state index in [4.69, 9.17) is 14.2 Å². The number of rotatable bonds is 6. The van der Waals surface area contributed by atoms with E-state index >= 15 is 0 Å². The maximum Gasteiger partial charge on any atom is 0.224 e. The molecule has 1 heterocycles. The van der Waals surface area contributed by atoms with Crippen LogP contribution in [0.1, 0.15) is 31.9 Å². The van der Waals surface area contributed by atoms with E-state index in [1.165, 1.54) is 5.56 Å². The van der Waals surface area contributed by atoms with Crippen molar-refractivity contribution >= 4 is 5.91 Å². The zero-order valence-corrected chi connectivity index (χ0v) is 16.2. The van der Waals surface area contributed by atoms with Crippen molar-refractivity contribution in [2.75, 3.05) is 26.4 Å². The molecule has 0 saturated carbocycles. The third kappa shape index (κ3) is 5.39. The third-order valence-corrected chi connectivity index (χ3v) is 4.38. The first-order valence-electron chi connectivity index (χ1n) is 9.30. The fraction of sp³-hybridized carbons (Fsp3) is 0.409. The molecule has 0 fully saturated rings. The largest absolute Gasteiger partial charge is 0.492 e. The molecule has 1 aliphatic heterocycles. The summed E-state index contributed by atoms with van der Waals surface area (Å²) in [4.78, 5) is 12.1. The minimum atomic E-state index is -0.0432. The van der Waals surface area contributed by atoms with Crippen LogP contribution in [0.25, 0.3) is 0 Å². The zero-order chi connectivity index (χ0) is 19.3. The Morgan fingerprint density at radius 2 is 1.74 bits per heavy atom. The molecular formula is C22H27NO4. The quantitative estimate of drug-likeness (QED) is 0.792. The number of benzene rings is 2. The standard InChI is InChI=1S/C22H27NO4/c1-22(2,3)17-5-7-18(8-6-17)25-11-10-23-21(24)15-16-4-9-19-20(14-16)27-13-12-26-19/h4-9,14H,10-13,15H2,1-3H3,(H,23,24). The van der Waals surface area contributed by atoms with Gasteiger partial charge < -0.3 is 19.5 Å². The summed E-state index contributed by atoms with van der Waals surface area (Å²) in [6.07, 6.45) is 0.302. The molecule has 144 valence electrons. The van der Waals surface area contributed by atoms with Crippen LogP contribution in [-0.4, -0.2) is 32.3 Å². The molecule has 5 nitrogen and oxygen atoms in total. The van der Waals surface area contributed by atoms with Gasteiger partial charge in [-0.3, -0.25) is 4.79 Å². The molecule has 0 radical (unpaired) electrons. The normalized spacial score (nSPS) is 13.1. The van der Waals surface area contributed by atoms with Crippen LogP contribution < -0.4 is 19.5 Å². The van der Waals surface area contributed by atoms with Gasteiger partial charge in [0.2, 0.25) is 5.91 Å². The summed E-state index contributed by atoms with van der Waals surface area (Å²) in [5, 5.41) is 2.88. The highest BCUT2D eigenvalue weighted by atomic mass is 16.6. The predicted octanol–water partition coefficient (Wildman–Crippen LogP) is 3.49. The van der Waals surface area contributed by atoms with E-state index in [0.29, 0.717) is 38.5 Å². The molecule has 0 unspecified atom stereocenters. The topological polar surface area (TPSA) is 56.8 Å². The molecule has 0 aliphatic carbocycles. The first kappa shape index (κ1) is 19.1. The van der Waals surface area contributed by atoms with Gasteiger partial charge in [0.1, 0.15) is 25.6 Å². The molecule has 2 aromatic carbocycles. The predicted molar refractivity (Wildman–Crippen MR) is 105 cm³/mol. The summed E-state index contributed by atoms with van der Waals surface area (Å²) in [5.74, 6) is 2.20. The third-order valence-electron chi connectivity index (χ3n) is 4.38. The monoisotopic (exact) mass is 369 g/mol. The van der Waals surface area contributed by atoms with Gasteiger partial charge in [0.15, 0.2) is 11.5 Å². The van der Waals surface area contributed by atoms with Crippen molar-refractivity contribution in [3.8, 4) is 17.2 Å². The van der Waals surface area contributed by atoms with E-state index in [2.05, 4.69) is 38.2 Å². The molecule has 5 heteroatoms. The second-order valence-electron chi connectivity index (χ2n) is 7.63. The highest BCUT2D eigenvalue weighted by molar-refractivity contribution is 5.78. The Balaban J connectivity index is 1.41. The smallest absolute Gasteiger partial charge is 0.224 e. The highest BCUT2D eigenvalue weighted by Gasteiger charge is 2.14. The van der Waals surface area contributed by atoms with Crippen molar-refractivity contribution in [1.29, 1.82) is 0 Å². The minimum absolute atomic E-state index is 0.0432. The Morgan fingerprint density at radius 1 is 1.04 bits per heavy atom. The Morgan fingerprint density at radius 3 is 2.44 bits per heavy atom. The first-order chi connectivity index (χ1) is 12.9. The summed E-state index contributed by atoms with van der Waals surface area (Å²) >= 11 is 0. The molecule has 1 aliphatic rings. The van der Waals surface area contributed by atoms with Crippen molar-refractivity contribution in [3.05, 3.63) is 53.6 Å². The number of fused-ring (bicyclic) bond motifs is 1. The number of hydrogen-bond donors (Lipinski definition) is 1. The minimum Gasteiger partial charge on any atom is -0.492 e. The molecule has 1 N–H and O–H groups in total. The van der Waals surface area contributed by atoms with Crippen LogP contribution in [0.2, 0.25) is 0 Å². The fourth-order valence-corrected chi connectivity index (χ4v) is 2.86. The summed E-state index contributed by atoms with van der Waals surface area (Å²) < 4.78 is 16.7. The van der Waals surface area contributed by atoms with Crippen molar-refractivity contribution in [1.82, 2.24) is 5.32 Å². The lowest BCUT2D eigenvalue weighted by Gasteiger charge is -2.19. The van der Waals surface area contributed by atoms with Gasteiger partial charge in [0.05, 0.1) is 13.0 Å². The average Bonchev–Trinajstić information content (AvgIpc) is 2.65. The Bertz CT molecular complexity index is 778. The van der Waals surface area contributed by atoms with Crippen molar-refractivity contribution in [2.24, 2.45) is 0 Å². The van der Waals surface area contributed by atoms with Crippen molar-refractivity contribution in [3.63, 3.8) is 0 Å². The molecule has 1 amide bonds. The van der Waals surface area contributed by atoms with Gasteiger partial charge in [-0.15, -0.1) is 0 Å².